The topological polar surface area (TPSA) is 108 Å². The zero-order valence-corrected chi connectivity index (χ0v) is 9.66. The number of urea groups is 1. The predicted molar refractivity (Wildman–Crippen MR) is 59.4 cm³/mol. The molecule has 0 unspecified atom stereocenters. The van der Waals surface area contributed by atoms with Crippen LogP contribution in [0.5, 0.6) is 0 Å². The molecule has 1 aliphatic rings. The Morgan fingerprint density at radius 3 is 2.47 bits per heavy atom. The highest BCUT2D eigenvalue weighted by Gasteiger charge is 2.23. The molecule has 1 rings (SSSR count). The Morgan fingerprint density at radius 2 is 2.00 bits per heavy atom. The number of carboxylic acid groups (broad SMARTS) is 1. The lowest BCUT2D eigenvalue weighted by atomic mass is 10.2. The molecule has 3 amide bonds. The van der Waals surface area contributed by atoms with Gasteiger partial charge in [0.1, 0.15) is 6.04 Å². The molecule has 0 aliphatic heterocycles. The minimum Gasteiger partial charge on any atom is -0.480 e. The number of nitrogens with one attached hydrogen (secondary N) is 3. The minimum atomic E-state index is -1.09. The van der Waals surface area contributed by atoms with E-state index in [1.54, 1.807) is 6.92 Å². The number of amides is 3. The molecule has 0 saturated heterocycles. The van der Waals surface area contributed by atoms with Crippen molar-refractivity contribution in [2.75, 3.05) is 6.54 Å². The highest BCUT2D eigenvalue weighted by atomic mass is 16.4. The third-order valence-corrected chi connectivity index (χ3v) is 2.36. The van der Waals surface area contributed by atoms with Crippen LogP contribution in [0.15, 0.2) is 0 Å². The average molecular weight is 243 g/mol. The van der Waals surface area contributed by atoms with Gasteiger partial charge in [-0.05, 0) is 19.3 Å². The third kappa shape index (κ3) is 5.19. The summed E-state index contributed by atoms with van der Waals surface area (Å²) in [4.78, 5) is 33.1. The molecule has 0 aromatic carbocycles. The number of carbonyl (C=O) groups is 3. The van der Waals surface area contributed by atoms with E-state index in [1.165, 1.54) is 0 Å². The Hall–Kier alpha value is -1.79. The van der Waals surface area contributed by atoms with E-state index in [-0.39, 0.29) is 24.9 Å². The van der Waals surface area contributed by atoms with Crippen LogP contribution in [0.1, 0.15) is 26.2 Å². The van der Waals surface area contributed by atoms with Crippen LogP contribution >= 0.6 is 0 Å². The summed E-state index contributed by atoms with van der Waals surface area (Å²) in [6.45, 7) is 1.51. The minimum absolute atomic E-state index is 0.140. The first kappa shape index (κ1) is 13.3. The van der Waals surface area contributed by atoms with Gasteiger partial charge in [-0.15, -0.1) is 0 Å². The largest absolute Gasteiger partial charge is 0.480 e. The molecule has 1 saturated carbocycles. The van der Waals surface area contributed by atoms with Crippen LogP contribution in [0.4, 0.5) is 4.79 Å². The second-order valence-electron chi connectivity index (χ2n) is 3.97. The van der Waals surface area contributed by atoms with Crippen LogP contribution in [0.25, 0.3) is 0 Å². The van der Waals surface area contributed by atoms with E-state index >= 15 is 0 Å². The Labute approximate surface area is 98.9 Å². The fourth-order valence-corrected chi connectivity index (χ4v) is 1.21. The molecule has 1 atom stereocenters. The molecular formula is C10H17N3O4. The zero-order chi connectivity index (χ0) is 12.8. The van der Waals surface area contributed by atoms with Crippen LogP contribution in [-0.4, -0.2) is 41.6 Å². The highest BCUT2D eigenvalue weighted by molar-refractivity contribution is 5.86. The predicted octanol–water partition coefficient (Wildman–Crippen LogP) is -0.573. The second kappa shape index (κ2) is 6.07. The number of carbonyl (C=O) groups excluding carboxylic acids is 2. The van der Waals surface area contributed by atoms with Gasteiger partial charge >= 0.3 is 12.0 Å². The normalized spacial score (nSPS) is 15.8. The molecule has 7 nitrogen and oxygen atoms in total. The molecule has 0 radical (unpaired) electrons. The van der Waals surface area contributed by atoms with Gasteiger partial charge in [-0.2, -0.15) is 0 Å². The molecule has 1 aliphatic carbocycles. The van der Waals surface area contributed by atoms with Crippen molar-refractivity contribution in [2.45, 2.75) is 38.3 Å². The molecule has 17 heavy (non-hydrogen) atoms. The third-order valence-electron chi connectivity index (χ3n) is 2.36. The molecule has 7 heteroatoms. The number of aliphatic carboxylic acids is 1. The van der Waals surface area contributed by atoms with E-state index < -0.39 is 18.0 Å². The van der Waals surface area contributed by atoms with Gasteiger partial charge in [-0.25, -0.2) is 9.59 Å². The molecule has 0 aromatic heterocycles. The molecule has 4 N–H and O–H groups in total. The van der Waals surface area contributed by atoms with E-state index in [4.69, 9.17) is 5.11 Å². The first-order valence-electron chi connectivity index (χ1n) is 5.59. The van der Waals surface area contributed by atoms with Crippen molar-refractivity contribution < 1.29 is 19.5 Å². The zero-order valence-electron chi connectivity index (χ0n) is 9.66. The Kier molecular flexibility index (Phi) is 4.74. The Bertz CT molecular complexity index is 315. The average Bonchev–Trinajstić information content (AvgIpc) is 3.06. The molecular weight excluding hydrogens is 226 g/mol. The fourth-order valence-electron chi connectivity index (χ4n) is 1.21. The monoisotopic (exact) mass is 243 g/mol. The molecule has 96 valence electrons. The van der Waals surface area contributed by atoms with Crippen LogP contribution in [0, 0.1) is 0 Å². The van der Waals surface area contributed by atoms with Crippen LogP contribution in [-0.2, 0) is 9.59 Å². The van der Waals surface area contributed by atoms with Gasteiger partial charge in [-0.3, -0.25) is 4.79 Å². The van der Waals surface area contributed by atoms with Gasteiger partial charge in [-0.1, -0.05) is 6.92 Å². The maximum atomic E-state index is 11.3. The molecule has 0 heterocycles. The fraction of sp³-hybridized carbons (Fsp3) is 0.700. The summed E-state index contributed by atoms with van der Waals surface area (Å²) in [5.41, 5.74) is 0. The summed E-state index contributed by atoms with van der Waals surface area (Å²) in [5.74, 6) is -1.35. The summed E-state index contributed by atoms with van der Waals surface area (Å²) in [7, 11) is 0. The lowest BCUT2D eigenvalue weighted by Gasteiger charge is -2.12. The van der Waals surface area contributed by atoms with Crippen molar-refractivity contribution in [3.63, 3.8) is 0 Å². The maximum absolute atomic E-state index is 11.3. The van der Waals surface area contributed by atoms with Crippen LogP contribution in [0.3, 0.4) is 0 Å². The van der Waals surface area contributed by atoms with Crippen molar-refractivity contribution in [3.05, 3.63) is 0 Å². The SMILES string of the molecule is CC[C@@H](NC(=O)NCC(=O)NC1CC1)C(=O)O. The van der Waals surface area contributed by atoms with Crippen LogP contribution in [0.2, 0.25) is 0 Å². The van der Waals surface area contributed by atoms with Gasteiger partial charge in [0.25, 0.3) is 0 Å². The number of rotatable bonds is 6. The molecule has 1 fully saturated rings. The maximum Gasteiger partial charge on any atom is 0.326 e. The summed E-state index contributed by atoms with van der Waals surface area (Å²) in [6, 6.07) is -1.33. The highest BCUT2D eigenvalue weighted by Crippen LogP contribution is 2.18. The van der Waals surface area contributed by atoms with Crippen molar-refractivity contribution in [3.8, 4) is 0 Å². The van der Waals surface area contributed by atoms with E-state index in [9.17, 15) is 14.4 Å². The Morgan fingerprint density at radius 1 is 1.35 bits per heavy atom. The molecule has 0 bridgehead atoms. The summed E-state index contributed by atoms with van der Waals surface area (Å²) in [6.07, 6.45) is 2.25. The van der Waals surface area contributed by atoms with E-state index in [2.05, 4.69) is 16.0 Å². The van der Waals surface area contributed by atoms with Crippen LogP contribution < -0.4 is 16.0 Å². The standard InChI is InChI=1S/C10H17N3O4/c1-2-7(9(15)16)13-10(17)11-5-8(14)12-6-3-4-6/h6-7H,2-5H2,1H3,(H,12,14)(H,15,16)(H2,11,13,17)/t7-/m1/s1. The van der Waals surface area contributed by atoms with Crippen molar-refractivity contribution in [1.29, 1.82) is 0 Å². The quantitative estimate of drug-likeness (QED) is 0.501. The van der Waals surface area contributed by atoms with Crippen molar-refractivity contribution in [1.82, 2.24) is 16.0 Å². The summed E-state index contributed by atoms with van der Waals surface area (Å²) < 4.78 is 0. The van der Waals surface area contributed by atoms with E-state index in [0.29, 0.717) is 0 Å². The molecule has 0 spiro atoms. The lowest BCUT2D eigenvalue weighted by molar-refractivity contribution is -0.139. The lowest BCUT2D eigenvalue weighted by Crippen LogP contribution is -2.48. The van der Waals surface area contributed by atoms with Gasteiger partial charge in [0, 0.05) is 6.04 Å². The van der Waals surface area contributed by atoms with Crippen molar-refractivity contribution in [2.24, 2.45) is 0 Å². The van der Waals surface area contributed by atoms with Gasteiger partial charge in [0.05, 0.1) is 6.54 Å². The number of hydrogen-bond acceptors (Lipinski definition) is 3. The first-order valence-corrected chi connectivity index (χ1v) is 5.59. The number of hydrogen-bond donors (Lipinski definition) is 4. The summed E-state index contributed by atoms with van der Waals surface area (Å²) in [5, 5.41) is 16.0. The Balaban J connectivity index is 2.19. The second-order valence-corrected chi connectivity index (χ2v) is 3.97. The van der Waals surface area contributed by atoms with Gasteiger partial charge in [0.2, 0.25) is 5.91 Å². The molecule has 0 aromatic rings. The van der Waals surface area contributed by atoms with E-state index in [1.807, 2.05) is 0 Å². The first-order chi connectivity index (χ1) is 8.02. The smallest absolute Gasteiger partial charge is 0.326 e. The summed E-state index contributed by atoms with van der Waals surface area (Å²) >= 11 is 0. The van der Waals surface area contributed by atoms with Crippen molar-refractivity contribution >= 4 is 17.9 Å². The van der Waals surface area contributed by atoms with Gasteiger partial charge in [0.15, 0.2) is 0 Å². The van der Waals surface area contributed by atoms with Gasteiger partial charge < -0.3 is 21.1 Å². The number of carboxylic acids is 1. The van der Waals surface area contributed by atoms with E-state index in [0.717, 1.165) is 12.8 Å².